The number of aromatic nitrogens is 5. The predicted molar refractivity (Wildman–Crippen MR) is 96.8 cm³/mol. The number of hydrogen-bond donors (Lipinski definition) is 1. The molecule has 1 amide bonds. The van der Waals surface area contributed by atoms with Crippen molar-refractivity contribution in [3.63, 3.8) is 0 Å². The summed E-state index contributed by atoms with van der Waals surface area (Å²) in [6, 6.07) is 20.8. The Kier molecular flexibility index (Phi) is 4.17. The average Bonchev–Trinajstić information content (AvgIpc) is 3.24. The first kappa shape index (κ1) is 15.6. The third kappa shape index (κ3) is 3.18. The van der Waals surface area contributed by atoms with Crippen molar-refractivity contribution in [3.05, 3.63) is 85.1 Å². The van der Waals surface area contributed by atoms with Crippen molar-refractivity contribution in [2.24, 2.45) is 0 Å². The Balaban J connectivity index is 1.57. The summed E-state index contributed by atoms with van der Waals surface area (Å²) < 4.78 is 1.47. The minimum absolute atomic E-state index is 0.219. The van der Waals surface area contributed by atoms with E-state index in [1.165, 1.54) is 17.3 Å². The number of anilines is 1. The summed E-state index contributed by atoms with van der Waals surface area (Å²) in [5.41, 5.74) is 2.90. The Morgan fingerprint density at radius 3 is 2.42 bits per heavy atom. The quantitative estimate of drug-likeness (QED) is 0.616. The Morgan fingerprint density at radius 2 is 1.69 bits per heavy atom. The Morgan fingerprint density at radius 1 is 0.885 bits per heavy atom. The number of nitrogens with zero attached hydrogens (tertiary/aromatic N) is 5. The molecule has 0 spiro atoms. The van der Waals surface area contributed by atoms with Crippen LogP contribution < -0.4 is 5.32 Å². The molecule has 4 aromatic rings. The van der Waals surface area contributed by atoms with Crippen LogP contribution in [0.2, 0.25) is 0 Å². The van der Waals surface area contributed by atoms with Crippen LogP contribution in [-0.4, -0.2) is 30.9 Å². The van der Waals surface area contributed by atoms with E-state index in [1.807, 2.05) is 54.6 Å². The normalized spacial score (nSPS) is 10.5. The minimum atomic E-state index is -0.328. The molecule has 0 saturated heterocycles. The number of rotatable bonds is 4. The van der Waals surface area contributed by atoms with Gasteiger partial charge in [0.2, 0.25) is 0 Å². The van der Waals surface area contributed by atoms with Gasteiger partial charge in [-0.15, -0.1) is 10.2 Å². The lowest BCUT2D eigenvalue weighted by atomic mass is 10.0. The van der Waals surface area contributed by atoms with Gasteiger partial charge in [0.25, 0.3) is 5.91 Å². The zero-order chi connectivity index (χ0) is 17.8. The van der Waals surface area contributed by atoms with Crippen molar-refractivity contribution in [3.8, 4) is 16.9 Å². The lowest BCUT2D eigenvalue weighted by Gasteiger charge is -2.11. The van der Waals surface area contributed by atoms with Crippen LogP contribution in [0.25, 0.3) is 16.9 Å². The van der Waals surface area contributed by atoms with Crippen molar-refractivity contribution in [2.75, 3.05) is 5.32 Å². The van der Waals surface area contributed by atoms with Gasteiger partial charge in [0.1, 0.15) is 12.7 Å². The number of carbonyl (C=O) groups excluding carboxylic acids is 1. The van der Waals surface area contributed by atoms with Gasteiger partial charge in [-0.25, -0.2) is 9.67 Å². The van der Waals surface area contributed by atoms with Crippen molar-refractivity contribution >= 4 is 11.6 Å². The molecule has 4 rings (SSSR count). The summed E-state index contributed by atoms with van der Waals surface area (Å²) in [7, 11) is 0. The molecule has 2 aromatic heterocycles. The summed E-state index contributed by atoms with van der Waals surface area (Å²) in [4.78, 5) is 16.4. The molecule has 0 aliphatic rings. The summed E-state index contributed by atoms with van der Waals surface area (Å²) >= 11 is 0. The molecule has 0 fully saturated rings. The molecule has 126 valence electrons. The smallest absolute Gasteiger partial charge is 0.276 e. The molecule has 7 heteroatoms. The molecular formula is C19H14N6O. The number of hydrogen-bond acceptors (Lipinski definition) is 5. The van der Waals surface area contributed by atoms with Crippen molar-refractivity contribution < 1.29 is 4.79 Å². The second-order valence-electron chi connectivity index (χ2n) is 5.48. The van der Waals surface area contributed by atoms with Gasteiger partial charge in [-0.05, 0) is 23.8 Å². The molecule has 2 heterocycles. The van der Waals surface area contributed by atoms with Crippen LogP contribution >= 0.6 is 0 Å². The number of nitrogens with one attached hydrogen (secondary N) is 1. The van der Waals surface area contributed by atoms with Crippen molar-refractivity contribution in [1.29, 1.82) is 0 Å². The monoisotopic (exact) mass is 342 g/mol. The SMILES string of the molecule is O=C(Nc1ccccc1-c1ccccc1)c1ccc(-n2cncn2)nn1. The zero-order valence-corrected chi connectivity index (χ0v) is 13.6. The molecular weight excluding hydrogens is 328 g/mol. The standard InChI is InChI=1S/C19H14N6O/c26-19(17-10-11-18(24-23-17)25-13-20-12-21-25)22-16-9-5-4-8-15(16)14-6-2-1-3-7-14/h1-13H,(H,22,26). The van der Waals surface area contributed by atoms with Crippen molar-refractivity contribution in [1.82, 2.24) is 25.0 Å². The summed E-state index contributed by atoms with van der Waals surface area (Å²) in [5, 5.41) is 14.9. The van der Waals surface area contributed by atoms with Gasteiger partial charge >= 0.3 is 0 Å². The fourth-order valence-corrected chi connectivity index (χ4v) is 2.54. The number of carbonyl (C=O) groups is 1. The van der Waals surface area contributed by atoms with E-state index in [9.17, 15) is 4.79 Å². The molecule has 0 radical (unpaired) electrons. The highest BCUT2D eigenvalue weighted by molar-refractivity contribution is 6.05. The minimum Gasteiger partial charge on any atom is -0.320 e. The third-order valence-electron chi connectivity index (χ3n) is 3.80. The summed E-state index contributed by atoms with van der Waals surface area (Å²) in [5.74, 6) is 0.162. The molecule has 0 aliphatic heterocycles. The summed E-state index contributed by atoms with van der Waals surface area (Å²) in [6.07, 6.45) is 2.92. The predicted octanol–water partition coefficient (Wildman–Crippen LogP) is 2.98. The number of para-hydroxylation sites is 1. The Labute approximate surface area is 149 Å². The molecule has 0 bridgehead atoms. The van der Waals surface area contributed by atoms with Gasteiger partial charge in [-0.3, -0.25) is 4.79 Å². The first-order valence-electron chi connectivity index (χ1n) is 7.96. The van der Waals surface area contributed by atoms with Gasteiger partial charge < -0.3 is 5.32 Å². The molecule has 7 nitrogen and oxygen atoms in total. The van der Waals surface area contributed by atoms with Crippen LogP contribution in [0.3, 0.4) is 0 Å². The van der Waals surface area contributed by atoms with E-state index in [2.05, 4.69) is 25.6 Å². The van der Waals surface area contributed by atoms with E-state index in [0.29, 0.717) is 11.5 Å². The maximum absolute atomic E-state index is 12.5. The van der Waals surface area contributed by atoms with Crippen LogP contribution in [0.1, 0.15) is 10.5 Å². The van der Waals surface area contributed by atoms with E-state index in [-0.39, 0.29) is 11.6 Å². The van der Waals surface area contributed by atoms with E-state index in [0.717, 1.165) is 11.1 Å². The van der Waals surface area contributed by atoms with Gasteiger partial charge in [0.05, 0.1) is 0 Å². The maximum Gasteiger partial charge on any atom is 0.276 e. The van der Waals surface area contributed by atoms with Crippen molar-refractivity contribution in [2.45, 2.75) is 0 Å². The molecule has 26 heavy (non-hydrogen) atoms. The third-order valence-corrected chi connectivity index (χ3v) is 3.80. The fourth-order valence-electron chi connectivity index (χ4n) is 2.54. The second kappa shape index (κ2) is 6.94. The fraction of sp³-hybridized carbons (Fsp3) is 0. The lowest BCUT2D eigenvalue weighted by molar-refractivity contribution is 0.102. The van der Waals surface area contributed by atoms with Crippen LogP contribution in [0, 0.1) is 0 Å². The molecule has 0 unspecified atom stereocenters. The van der Waals surface area contributed by atoms with E-state index in [4.69, 9.17) is 0 Å². The highest BCUT2D eigenvalue weighted by atomic mass is 16.1. The van der Waals surface area contributed by atoms with E-state index >= 15 is 0 Å². The van der Waals surface area contributed by atoms with Crippen LogP contribution in [0.5, 0.6) is 0 Å². The molecule has 0 atom stereocenters. The first-order valence-corrected chi connectivity index (χ1v) is 7.96. The topological polar surface area (TPSA) is 85.6 Å². The largest absolute Gasteiger partial charge is 0.320 e. The average molecular weight is 342 g/mol. The van der Waals surface area contributed by atoms with Crippen LogP contribution in [0.15, 0.2) is 79.4 Å². The van der Waals surface area contributed by atoms with Gasteiger partial charge in [0.15, 0.2) is 11.5 Å². The maximum atomic E-state index is 12.5. The molecule has 0 saturated carbocycles. The molecule has 1 N–H and O–H groups in total. The highest BCUT2D eigenvalue weighted by Gasteiger charge is 2.12. The number of benzene rings is 2. The van der Waals surface area contributed by atoms with Gasteiger partial charge in [-0.1, -0.05) is 48.5 Å². The first-order chi connectivity index (χ1) is 12.8. The van der Waals surface area contributed by atoms with Crippen LogP contribution in [-0.2, 0) is 0 Å². The Hall–Kier alpha value is -3.87. The zero-order valence-electron chi connectivity index (χ0n) is 13.6. The molecule has 2 aromatic carbocycles. The summed E-state index contributed by atoms with van der Waals surface area (Å²) in [6.45, 7) is 0. The molecule has 0 aliphatic carbocycles. The lowest BCUT2D eigenvalue weighted by Crippen LogP contribution is -2.15. The highest BCUT2D eigenvalue weighted by Crippen LogP contribution is 2.27. The van der Waals surface area contributed by atoms with E-state index < -0.39 is 0 Å². The van der Waals surface area contributed by atoms with Crippen LogP contribution in [0.4, 0.5) is 5.69 Å². The Bertz CT molecular complexity index is 1010. The second-order valence-corrected chi connectivity index (χ2v) is 5.48. The van der Waals surface area contributed by atoms with E-state index in [1.54, 1.807) is 12.1 Å². The van der Waals surface area contributed by atoms with Gasteiger partial charge in [0, 0.05) is 11.3 Å². The number of amides is 1. The van der Waals surface area contributed by atoms with Gasteiger partial charge in [-0.2, -0.15) is 5.10 Å².